The summed E-state index contributed by atoms with van der Waals surface area (Å²) in [5.41, 5.74) is 0.624. The molecule has 170 valence electrons. The minimum Gasteiger partial charge on any atom is -0.367 e. The number of hydrogen-bond donors (Lipinski definition) is 2. The number of fused-ring (bicyclic) bond motifs is 2. The number of hydrogen-bond acceptors (Lipinski definition) is 9. The number of carbonyl (C=O) groups excluding carboxylic acids is 1. The summed E-state index contributed by atoms with van der Waals surface area (Å²) >= 11 is 3.08. The molecule has 0 spiro atoms. The Hall–Kier alpha value is -2.60. The maximum Gasteiger partial charge on any atom is 0.254 e. The van der Waals surface area contributed by atoms with Gasteiger partial charge >= 0.3 is 0 Å². The highest BCUT2D eigenvalue weighted by Gasteiger charge is 2.26. The molecule has 1 unspecified atom stereocenters. The molecule has 1 atom stereocenters. The molecule has 4 heterocycles. The summed E-state index contributed by atoms with van der Waals surface area (Å²) in [5.74, 6) is 2.21. The number of amides is 1. The average molecular weight is 475 g/mol. The summed E-state index contributed by atoms with van der Waals surface area (Å²) < 4.78 is 3.40. The van der Waals surface area contributed by atoms with Crippen molar-refractivity contribution in [3.8, 4) is 0 Å². The summed E-state index contributed by atoms with van der Waals surface area (Å²) in [7, 11) is 0. The number of nitrogens with zero attached hydrogens (tertiary/aromatic N) is 6. The van der Waals surface area contributed by atoms with Gasteiger partial charge in [0.1, 0.15) is 5.82 Å². The Morgan fingerprint density at radius 1 is 1.38 bits per heavy atom. The van der Waals surface area contributed by atoms with Crippen LogP contribution in [0.4, 0.5) is 5.82 Å². The lowest BCUT2D eigenvalue weighted by Crippen LogP contribution is -2.32. The molecule has 0 saturated heterocycles. The second kappa shape index (κ2) is 9.90. The lowest BCUT2D eigenvalue weighted by molar-refractivity contribution is -0.121. The van der Waals surface area contributed by atoms with Gasteiger partial charge in [-0.25, -0.2) is 19.6 Å². The maximum atomic E-state index is 12.5. The largest absolute Gasteiger partial charge is 0.367 e. The summed E-state index contributed by atoms with van der Waals surface area (Å²) in [6.07, 6.45) is 3.51. The average Bonchev–Trinajstić information content (AvgIpc) is 3.33. The van der Waals surface area contributed by atoms with Crippen LogP contribution in [0.3, 0.4) is 0 Å². The number of aromatic nitrogens is 6. The highest BCUT2D eigenvalue weighted by atomic mass is 32.2. The third kappa shape index (κ3) is 4.90. The molecule has 0 bridgehead atoms. The first kappa shape index (κ1) is 22.6. The van der Waals surface area contributed by atoms with Crippen LogP contribution in [-0.2, 0) is 11.3 Å². The van der Waals surface area contributed by atoms with E-state index in [-0.39, 0.29) is 30.0 Å². The molecular formula is C20H26N8O2S2. The topological polar surface area (TPSA) is 120 Å². The Bertz CT molecular complexity index is 1180. The van der Waals surface area contributed by atoms with E-state index >= 15 is 0 Å². The zero-order chi connectivity index (χ0) is 22.7. The van der Waals surface area contributed by atoms with E-state index in [1.165, 1.54) is 24.0 Å². The van der Waals surface area contributed by atoms with Gasteiger partial charge in [-0.1, -0.05) is 30.4 Å². The molecular weight excluding hydrogens is 448 g/mol. The smallest absolute Gasteiger partial charge is 0.254 e. The number of thioether (sulfide) groups is 2. The first-order chi connectivity index (χ1) is 15.5. The molecule has 1 aliphatic heterocycles. The Morgan fingerprint density at radius 2 is 2.22 bits per heavy atom. The lowest BCUT2D eigenvalue weighted by atomic mass is 10.2. The molecule has 0 radical (unpaired) electrons. The Morgan fingerprint density at radius 3 is 3.00 bits per heavy atom. The monoisotopic (exact) mass is 474 g/mol. The van der Waals surface area contributed by atoms with Crippen LogP contribution in [0.1, 0.15) is 33.2 Å². The van der Waals surface area contributed by atoms with E-state index in [4.69, 9.17) is 0 Å². The van der Waals surface area contributed by atoms with Crippen LogP contribution in [-0.4, -0.2) is 59.3 Å². The Balaban J connectivity index is 1.41. The number of anilines is 1. The van der Waals surface area contributed by atoms with Crippen molar-refractivity contribution in [1.29, 1.82) is 0 Å². The molecule has 1 aliphatic rings. The van der Waals surface area contributed by atoms with Gasteiger partial charge in [-0.15, -0.1) is 0 Å². The fraction of sp³-hybridized carbons (Fsp3) is 0.500. The maximum absolute atomic E-state index is 12.5. The van der Waals surface area contributed by atoms with Gasteiger partial charge in [0.25, 0.3) is 5.56 Å². The van der Waals surface area contributed by atoms with E-state index in [2.05, 4.69) is 51.5 Å². The molecule has 0 aliphatic carbocycles. The molecule has 4 rings (SSSR count). The highest BCUT2D eigenvalue weighted by Crippen LogP contribution is 2.31. The predicted molar refractivity (Wildman–Crippen MR) is 126 cm³/mol. The summed E-state index contributed by atoms with van der Waals surface area (Å²) in [6, 6.07) is 1.49. The number of rotatable bonds is 9. The predicted octanol–water partition coefficient (Wildman–Crippen LogP) is 2.17. The Kier molecular flexibility index (Phi) is 6.99. The third-order valence-corrected chi connectivity index (χ3v) is 6.70. The molecule has 3 aromatic rings. The molecule has 1 amide bonds. The van der Waals surface area contributed by atoms with Crippen molar-refractivity contribution >= 4 is 46.3 Å². The van der Waals surface area contributed by atoms with Gasteiger partial charge in [-0.2, -0.15) is 5.10 Å². The molecule has 12 heteroatoms. The van der Waals surface area contributed by atoms with E-state index < -0.39 is 0 Å². The quantitative estimate of drug-likeness (QED) is 0.355. The van der Waals surface area contributed by atoms with Gasteiger partial charge in [0, 0.05) is 37.0 Å². The van der Waals surface area contributed by atoms with Crippen LogP contribution in [0.25, 0.3) is 11.0 Å². The first-order valence-corrected chi connectivity index (χ1v) is 12.5. The second-order valence-electron chi connectivity index (χ2n) is 7.65. The van der Waals surface area contributed by atoms with Gasteiger partial charge < -0.3 is 10.6 Å². The van der Waals surface area contributed by atoms with Crippen molar-refractivity contribution in [2.24, 2.45) is 0 Å². The molecule has 0 fully saturated rings. The van der Waals surface area contributed by atoms with Gasteiger partial charge in [-0.3, -0.25) is 14.2 Å². The molecule has 0 saturated carbocycles. The van der Waals surface area contributed by atoms with Crippen molar-refractivity contribution in [3.05, 3.63) is 28.8 Å². The minimum atomic E-state index is -0.173. The van der Waals surface area contributed by atoms with Crippen molar-refractivity contribution in [3.63, 3.8) is 0 Å². The lowest BCUT2D eigenvalue weighted by Gasteiger charge is -2.13. The Labute approximate surface area is 194 Å². The van der Waals surface area contributed by atoms with Crippen LogP contribution in [0, 0.1) is 0 Å². The third-order valence-electron chi connectivity index (χ3n) is 4.86. The standard InChI is InChI=1S/C20H26N8O2S2/c1-4-31-19-25-17(24-12(2)3)14-10-23-27(18(14)26-19)8-7-21-15(29)9-13-11-32-20-22-6-5-16(30)28(13)20/h5-6,10,12-13H,4,7-9,11H2,1-3H3,(H,21,29)(H,24,25,26). The van der Waals surface area contributed by atoms with Gasteiger partial charge in [0.05, 0.1) is 24.2 Å². The normalized spacial score (nSPS) is 15.3. The van der Waals surface area contributed by atoms with Crippen LogP contribution < -0.4 is 16.2 Å². The zero-order valence-corrected chi connectivity index (χ0v) is 19.9. The van der Waals surface area contributed by atoms with E-state index in [9.17, 15) is 9.59 Å². The molecule has 10 nitrogen and oxygen atoms in total. The summed E-state index contributed by atoms with van der Waals surface area (Å²) in [5, 5.41) is 13.0. The van der Waals surface area contributed by atoms with Crippen LogP contribution in [0.15, 0.2) is 33.6 Å². The van der Waals surface area contributed by atoms with Gasteiger partial charge in [-0.05, 0) is 19.6 Å². The van der Waals surface area contributed by atoms with Crippen molar-refractivity contribution in [2.75, 3.05) is 23.4 Å². The molecule has 2 N–H and O–H groups in total. The first-order valence-electron chi connectivity index (χ1n) is 10.6. The fourth-order valence-electron chi connectivity index (χ4n) is 3.50. The number of nitrogens with one attached hydrogen (secondary N) is 2. The van der Waals surface area contributed by atoms with Crippen molar-refractivity contribution in [2.45, 2.75) is 56.1 Å². The fourth-order valence-corrected chi connectivity index (χ4v) is 5.19. The van der Waals surface area contributed by atoms with Crippen molar-refractivity contribution in [1.82, 2.24) is 34.6 Å². The minimum absolute atomic E-state index is 0.102. The summed E-state index contributed by atoms with van der Waals surface area (Å²) in [6.45, 7) is 7.09. The van der Waals surface area contributed by atoms with Gasteiger partial charge in [0.15, 0.2) is 16.0 Å². The zero-order valence-electron chi connectivity index (χ0n) is 18.2. The highest BCUT2D eigenvalue weighted by molar-refractivity contribution is 7.99. The SMILES string of the molecule is CCSc1nc(NC(C)C)c2cnn(CCNC(=O)CC3CSc4nccc(=O)n43)c2n1. The van der Waals surface area contributed by atoms with Crippen molar-refractivity contribution < 1.29 is 4.79 Å². The van der Waals surface area contributed by atoms with Crippen LogP contribution >= 0.6 is 23.5 Å². The molecule has 3 aromatic heterocycles. The van der Waals surface area contributed by atoms with E-state index in [1.807, 2.05) is 0 Å². The van der Waals surface area contributed by atoms with E-state index in [0.29, 0.717) is 29.2 Å². The summed E-state index contributed by atoms with van der Waals surface area (Å²) in [4.78, 5) is 38.1. The number of carbonyl (C=O) groups is 1. The van der Waals surface area contributed by atoms with Gasteiger partial charge in [0.2, 0.25) is 5.91 Å². The van der Waals surface area contributed by atoms with E-state index in [1.54, 1.807) is 27.2 Å². The van der Waals surface area contributed by atoms with Crippen LogP contribution in [0.5, 0.6) is 0 Å². The van der Waals surface area contributed by atoms with Crippen LogP contribution in [0.2, 0.25) is 0 Å². The second-order valence-corrected chi connectivity index (χ2v) is 9.86. The van der Waals surface area contributed by atoms with E-state index in [0.717, 1.165) is 22.6 Å². The molecule has 0 aromatic carbocycles. The molecule has 32 heavy (non-hydrogen) atoms.